The largest absolute Gasteiger partial charge is 0.485 e. The van der Waals surface area contributed by atoms with Gasteiger partial charge in [0.25, 0.3) is 0 Å². The lowest BCUT2D eigenvalue weighted by molar-refractivity contribution is 0.277. The summed E-state index contributed by atoms with van der Waals surface area (Å²) in [5.41, 5.74) is 7.01. The minimum absolute atomic E-state index is 0.255. The number of hydrogen-bond donors (Lipinski definition) is 0. The summed E-state index contributed by atoms with van der Waals surface area (Å²) in [7, 11) is -3.72. The van der Waals surface area contributed by atoms with Gasteiger partial charge in [-0.2, -0.15) is 8.42 Å². The van der Waals surface area contributed by atoms with E-state index in [4.69, 9.17) is 8.92 Å². The molecule has 0 saturated heterocycles. The van der Waals surface area contributed by atoms with Crippen LogP contribution in [-0.4, -0.2) is 14.7 Å². The molecular formula is C28H36O4S. The lowest BCUT2D eigenvalue weighted by atomic mass is 9.62. The van der Waals surface area contributed by atoms with Crippen LogP contribution in [0.25, 0.3) is 0 Å². The van der Waals surface area contributed by atoms with Crippen molar-refractivity contribution in [1.29, 1.82) is 0 Å². The van der Waals surface area contributed by atoms with Crippen LogP contribution in [0.5, 0.6) is 11.5 Å². The first-order chi connectivity index (χ1) is 15.6. The molecule has 2 aliphatic rings. The van der Waals surface area contributed by atoms with Crippen molar-refractivity contribution in [3.05, 3.63) is 69.8 Å². The van der Waals surface area contributed by atoms with E-state index >= 15 is 0 Å². The average Bonchev–Trinajstić information content (AvgIpc) is 2.73. The van der Waals surface area contributed by atoms with E-state index in [1.54, 1.807) is 0 Å². The highest BCUT2D eigenvalue weighted by molar-refractivity contribution is 7.86. The molecule has 2 aromatic carbocycles. The number of allylic oxidation sites excluding steroid dienone is 2. The second-order valence-corrected chi connectivity index (χ2v) is 11.8. The fraction of sp³-hybridized carbons (Fsp3) is 0.500. The molecule has 2 aromatic rings. The molecule has 0 N–H and O–H groups in total. The summed E-state index contributed by atoms with van der Waals surface area (Å²) in [5.74, 6) is 2.55. The fourth-order valence-electron chi connectivity index (χ4n) is 5.90. The molecule has 5 heteroatoms. The molecule has 0 fully saturated rings. The van der Waals surface area contributed by atoms with Crippen molar-refractivity contribution in [3.63, 3.8) is 0 Å². The van der Waals surface area contributed by atoms with E-state index in [1.807, 2.05) is 37.3 Å². The van der Waals surface area contributed by atoms with Crippen LogP contribution in [0.15, 0.2) is 42.0 Å². The highest BCUT2D eigenvalue weighted by Crippen LogP contribution is 2.58. The van der Waals surface area contributed by atoms with Gasteiger partial charge in [-0.1, -0.05) is 55.8 Å². The Morgan fingerprint density at radius 2 is 1.73 bits per heavy atom. The van der Waals surface area contributed by atoms with E-state index in [2.05, 4.69) is 33.8 Å². The molecule has 0 spiro atoms. The topological polar surface area (TPSA) is 52.6 Å². The van der Waals surface area contributed by atoms with Gasteiger partial charge in [0, 0.05) is 17.0 Å². The van der Waals surface area contributed by atoms with Crippen molar-refractivity contribution in [3.8, 4) is 11.5 Å². The number of benzene rings is 2. The predicted octanol–water partition coefficient (Wildman–Crippen LogP) is 6.98. The smallest absolute Gasteiger partial charge is 0.306 e. The number of ether oxygens (including phenoxy) is 1. The van der Waals surface area contributed by atoms with Crippen LogP contribution in [0.2, 0.25) is 0 Å². The van der Waals surface area contributed by atoms with E-state index in [0.29, 0.717) is 29.9 Å². The SMILES string of the molecule is CC(C)=C[C@H]1C[C@H](C)C2CC[C@H](C)c3c(OCc4ccccc4)c(OS(C)(=O)=O)c(C)c1c32. The van der Waals surface area contributed by atoms with Crippen LogP contribution >= 0.6 is 0 Å². The molecule has 33 heavy (non-hydrogen) atoms. The van der Waals surface area contributed by atoms with Gasteiger partial charge < -0.3 is 8.92 Å². The van der Waals surface area contributed by atoms with Crippen LogP contribution in [0, 0.1) is 12.8 Å². The molecule has 0 radical (unpaired) electrons. The zero-order chi connectivity index (χ0) is 23.9. The first-order valence-corrected chi connectivity index (χ1v) is 13.8. The van der Waals surface area contributed by atoms with E-state index < -0.39 is 10.1 Å². The number of hydrogen-bond acceptors (Lipinski definition) is 4. The molecule has 0 saturated carbocycles. The van der Waals surface area contributed by atoms with E-state index in [1.165, 1.54) is 16.7 Å². The van der Waals surface area contributed by atoms with Crippen LogP contribution in [-0.2, 0) is 16.7 Å². The summed E-state index contributed by atoms with van der Waals surface area (Å²) in [6.07, 6.45) is 6.75. The summed E-state index contributed by atoms with van der Waals surface area (Å²) in [6.45, 7) is 11.2. The van der Waals surface area contributed by atoms with Crippen molar-refractivity contribution in [2.75, 3.05) is 6.26 Å². The first-order valence-electron chi connectivity index (χ1n) is 12.0. The molecule has 0 heterocycles. The molecule has 2 aliphatic carbocycles. The molecule has 4 nitrogen and oxygen atoms in total. The molecule has 0 aromatic heterocycles. The van der Waals surface area contributed by atoms with Crippen LogP contribution < -0.4 is 8.92 Å². The predicted molar refractivity (Wildman–Crippen MR) is 134 cm³/mol. The quantitative estimate of drug-likeness (QED) is 0.339. The summed E-state index contributed by atoms with van der Waals surface area (Å²) >= 11 is 0. The first kappa shape index (κ1) is 23.9. The van der Waals surface area contributed by atoms with Gasteiger partial charge in [0.05, 0.1) is 6.26 Å². The maximum absolute atomic E-state index is 12.3. The van der Waals surface area contributed by atoms with Crippen LogP contribution in [0.4, 0.5) is 0 Å². The average molecular weight is 469 g/mol. The van der Waals surface area contributed by atoms with Crippen molar-refractivity contribution in [2.45, 2.75) is 78.2 Å². The summed E-state index contributed by atoms with van der Waals surface area (Å²) in [4.78, 5) is 0. The summed E-state index contributed by atoms with van der Waals surface area (Å²) in [6, 6.07) is 9.99. The Bertz CT molecular complexity index is 1160. The lowest BCUT2D eigenvalue weighted by Crippen LogP contribution is -2.29. The van der Waals surface area contributed by atoms with Crippen molar-refractivity contribution in [2.24, 2.45) is 5.92 Å². The zero-order valence-electron chi connectivity index (χ0n) is 20.6. The van der Waals surface area contributed by atoms with E-state index in [0.717, 1.165) is 42.2 Å². The van der Waals surface area contributed by atoms with Gasteiger partial charge in [0.2, 0.25) is 0 Å². The highest BCUT2D eigenvalue weighted by atomic mass is 32.2. The third-order valence-corrected chi connectivity index (χ3v) is 7.70. The Balaban J connectivity index is 1.97. The van der Waals surface area contributed by atoms with Gasteiger partial charge in [-0.25, -0.2) is 0 Å². The lowest BCUT2D eigenvalue weighted by Gasteiger charge is -2.43. The maximum Gasteiger partial charge on any atom is 0.306 e. The molecule has 4 rings (SSSR count). The van der Waals surface area contributed by atoms with Crippen molar-refractivity contribution < 1.29 is 17.3 Å². The minimum atomic E-state index is -3.72. The maximum atomic E-state index is 12.3. The van der Waals surface area contributed by atoms with E-state index in [9.17, 15) is 8.42 Å². The monoisotopic (exact) mass is 468 g/mol. The van der Waals surface area contributed by atoms with Gasteiger partial charge in [-0.3, -0.25) is 0 Å². The van der Waals surface area contributed by atoms with Crippen LogP contribution in [0.3, 0.4) is 0 Å². The Morgan fingerprint density at radius 1 is 1.03 bits per heavy atom. The Kier molecular flexibility index (Phi) is 6.63. The number of rotatable bonds is 6. The molecule has 1 unspecified atom stereocenters. The van der Waals surface area contributed by atoms with Gasteiger partial charge in [0.15, 0.2) is 11.5 Å². The zero-order valence-corrected chi connectivity index (χ0v) is 21.5. The third kappa shape index (κ3) is 4.84. The highest BCUT2D eigenvalue weighted by Gasteiger charge is 2.42. The Morgan fingerprint density at radius 3 is 2.36 bits per heavy atom. The standard InChI is InChI=1S/C28H36O4S/c1-17(2)14-22-15-19(4)23-13-12-18(3)24-26(23)25(22)20(5)27(32-33(6,29)30)28(24)31-16-21-10-8-7-9-11-21/h7-11,14,18-19,22-23H,12-13,15-16H2,1-6H3/t18-,19-,22-,23?/m0/s1. The Labute approximate surface area is 199 Å². The summed E-state index contributed by atoms with van der Waals surface area (Å²) in [5, 5.41) is 0. The van der Waals surface area contributed by atoms with Crippen molar-refractivity contribution >= 4 is 10.1 Å². The molecule has 0 aliphatic heterocycles. The van der Waals surface area contributed by atoms with Gasteiger partial charge in [-0.15, -0.1) is 0 Å². The van der Waals surface area contributed by atoms with Crippen LogP contribution in [0.1, 0.15) is 92.5 Å². The van der Waals surface area contributed by atoms with Gasteiger partial charge in [-0.05, 0) is 74.5 Å². The fourth-order valence-corrected chi connectivity index (χ4v) is 6.40. The molecule has 0 amide bonds. The second kappa shape index (κ2) is 9.17. The van der Waals surface area contributed by atoms with E-state index in [-0.39, 0.29) is 11.8 Å². The molecule has 0 bridgehead atoms. The summed E-state index contributed by atoms with van der Waals surface area (Å²) < 4.78 is 36.8. The minimum Gasteiger partial charge on any atom is -0.485 e. The molecular weight excluding hydrogens is 432 g/mol. The van der Waals surface area contributed by atoms with Gasteiger partial charge in [0.1, 0.15) is 6.61 Å². The molecule has 4 atom stereocenters. The van der Waals surface area contributed by atoms with Crippen molar-refractivity contribution in [1.82, 2.24) is 0 Å². The van der Waals surface area contributed by atoms with Gasteiger partial charge >= 0.3 is 10.1 Å². The second-order valence-electron chi connectivity index (χ2n) is 10.2. The normalized spacial score (nSPS) is 24.1. The Hall–Kier alpha value is -2.27. The molecule has 178 valence electrons. The third-order valence-electron chi connectivity index (χ3n) is 7.23.